The number of nitrogens with two attached hydrogens (primary N) is 1. The van der Waals surface area contributed by atoms with Gasteiger partial charge in [-0.15, -0.1) is 0 Å². The molecule has 3 N–H and O–H groups in total. The lowest BCUT2D eigenvalue weighted by atomic mass is 9.50. The molecule has 0 aromatic heterocycles. The molecular formula is C14H26N2. The van der Waals surface area contributed by atoms with Gasteiger partial charge in [-0.25, -0.2) is 0 Å². The maximum atomic E-state index is 5.79. The molecule has 0 heterocycles. The summed E-state index contributed by atoms with van der Waals surface area (Å²) in [7, 11) is 0. The number of hydrogen-bond acceptors (Lipinski definition) is 2. The van der Waals surface area contributed by atoms with Gasteiger partial charge in [-0.2, -0.15) is 0 Å². The molecule has 4 aliphatic carbocycles. The summed E-state index contributed by atoms with van der Waals surface area (Å²) in [4.78, 5) is 0. The Morgan fingerprint density at radius 2 is 1.62 bits per heavy atom. The Bertz CT molecular complexity index is 220. The van der Waals surface area contributed by atoms with E-state index in [0.29, 0.717) is 6.04 Å². The van der Waals surface area contributed by atoms with Crippen molar-refractivity contribution < 1.29 is 0 Å². The molecule has 4 rings (SSSR count). The molecule has 0 spiro atoms. The molecule has 2 nitrogen and oxygen atoms in total. The normalized spacial score (nSPS) is 47.2. The van der Waals surface area contributed by atoms with Gasteiger partial charge in [0.1, 0.15) is 0 Å². The van der Waals surface area contributed by atoms with E-state index in [1.807, 2.05) is 0 Å². The number of nitrogens with one attached hydrogen (secondary N) is 1. The molecule has 2 heteroatoms. The second-order valence-corrected chi connectivity index (χ2v) is 6.57. The summed E-state index contributed by atoms with van der Waals surface area (Å²) in [5.74, 6) is 10.9. The molecule has 0 aromatic rings. The van der Waals surface area contributed by atoms with Crippen molar-refractivity contribution in [3.05, 3.63) is 0 Å². The lowest BCUT2D eigenvalue weighted by Crippen LogP contribution is -2.54. The smallest absolute Gasteiger partial charge is 0.0243 e. The molecule has 4 bridgehead atoms. The summed E-state index contributed by atoms with van der Waals surface area (Å²) in [5, 5.41) is 0. The predicted molar refractivity (Wildman–Crippen MR) is 66.6 cm³/mol. The highest BCUT2D eigenvalue weighted by Crippen LogP contribution is 2.57. The van der Waals surface area contributed by atoms with E-state index in [4.69, 9.17) is 5.84 Å². The largest absolute Gasteiger partial charge is 0.271 e. The van der Waals surface area contributed by atoms with E-state index in [-0.39, 0.29) is 0 Å². The summed E-state index contributed by atoms with van der Waals surface area (Å²) in [5.41, 5.74) is 3.13. The van der Waals surface area contributed by atoms with Crippen molar-refractivity contribution in [2.24, 2.45) is 35.4 Å². The van der Waals surface area contributed by atoms with Crippen LogP contribution in [0.5, 0.6) is 0 Å². The zero-order valence-corrected chi connectivity index (χ0v) is 10.5. The highest BCUT2D eigenvalue weighted by atomic mass is 15.2. The quantitative estimate of drug-likeness (QED) is 0.567. The summed E-state index contributed by atoms with van der Waals surface area (Å²) in [6, 6.07) is 0.597. The summed E-state index contributed by atoms with van der Waals surface area (Å²) >= 11 is 0. The second-order valence-electron chi connectivity index (χ2n) is 6.57. The molecule has 4 fully saturated rings. The molecule has 0 aliphatic heterocycles. The molecule has 4 saturated carbocycles. The van der Waals surface area contributed by atoms with E-state index < -0.39 is 0 Å². The summed E-state index contributed by atoms with van der Waals surface area (Å²) in [6.45, 7) is 2.28. The van der Waals surface area contributed by atoms with Gasteiger partial charge in [-0.3, -0.25) is 11.3 Å². The van der Waals surface area contributed by atoms with E-state index in [0.717, 1.165) is 29.6 Å². The zero-order chi connectivity index (χ0) is 11.1. The average molecular weight is 222 g/mol. The van der Waals surface area contributed by atoms with Crippen LogP contribution in [0.25, 0.3) is 0 Å². The SMILES string of the molecule is CCCC(NN)C1C2CC3CC(C2)CC1C3. The number of rotatable bonds is 4. The Morgan fingerprint density at radius 1 is 1.06 bits per heavy atom. The first kappa shape index (κ1) is 11.0. The van der Waals surface area contributed by atoms with Crippen molar-refractivity contribution in [3.63, 3.8) is 0 Å². The van der Waals surface area contributed by atoms with Crippen LogP contribution in [0, 0.1) is 29.6 Å². The van der Waals surface area contributed by atoms with E-state index in [9.17, 15) is 0 Å². The Morgan fingerprint density at radius 3 is 2.06 bits per heavy atom. The van der Waals surface area contributed by atoms with Gasteiger partial charge >= 0.3 is 0 Å². The van der Waals surface area contributed by atoms with E-state index >= 15 is 0 Å². The third kappa shape index (κ3) is 1.70. The van der Waals surface area contributed by atoms with Crippen LogP contribution < -0.4 is 11.3 Å². The summed E-state index contributed by atoms with van der Waals surface area (Å²) in [6.07, 6.45) is 10.1. The van der Waals surface area contributed by atoms with Crippen molar-refractivity contribution in [3.8, 4) is 0 Å². The first-order valence-electron chi connectivity index (χ1n) is 7.28. The van der Waals surface area contributed by atoms with Crippen molar-refractivity contribution in [1.29, 1.82) is 0 Å². The Hall–Kier alpha value is -0.0800. The molecule has 0 radical (unpaired) electrons. The van der Waals surface area contributed by atoms with Crippen LogP contribution in [0.15, 0.2) is 0 Å². The van der Waals surface area contributed by atoms with Crippen LogP contribution in [0.2, 0.25) is 0 Å². The molecule has 92 valence electrons. The van der Waals surface area contributed by atoms with E-state index in [2.05, 4.69) is 12.3 Å². The maximum Gasteiger partial charge on any atom is 0.0243 e. The van der Waals surface area contributed by atoms with Gasteiger partial charge in [-0.05, 0) is 68.1 Å². The monoisotopic (exact) mass is 222 g/mol. The van der Waals surface area contributed by atoms with Crippen molar-refractivity contribution >= 4 is 0 Å². The van der Waals surface area contributed by atoms with Crippen molar-refractivity contribution in [2.45, 2.75) is 57.9 Å². The topological polar surface area (TPSA) is 38.0 Å². The molecule has 4 aliphatic rings. The van der Waals surface area contributed by atoms with Gasteiger partial charge in [0.25, 0.3) is 0 Å². The number of hydrazine groups is 1. The molecule has 1 unspecified atom stereocenters. The lowest BCUT2D eigenvalue weighted by Gasteiger charge is -2.56. The minimum atomic E-state index is 0.597. The predicted octanol–water partition coefficient (Wildman–Crippen LogP) is 2.69. The van der Waals surface area contributed by atoms with Gasteiger partial charge in [0.15, 0.2) is 0 Å². The minimum Gasteiger partial charge on any atom is -0.271 e. The fourth-order valence-corrected chi connectivity index (χ4v) is 5.32. The van der Waals surface area contributed by atoms with Crippen LogP contribution in [-0.4, -0.2) is 6.04 Å². The van der Waals surface area contributed by atoms with Gasteiger partial charge in [0.05, 0.1) is 0 Å². The van der Waals surface area contributed by atoms with Gasteiger partial charge < -0.3 is 0 Å². The van der Waals surface area contributed by atoms with Crippen LogP contribution >= 0.6 is 0 Å². The molecule has 0 saturated heterocycles. The highest BCUT2D eigenvalue weighted by molar-refractivity contribution is 5.01. The number of hydrogen-bond donors (Lipinski definition) is 2. The third-order valence-electron chi connectivity index (χ3n) is 5.58. The van der Waals surface area contributed by atoms with Crippen LogP contribution in [0.3, 0.4) is 0 Å². The fraction of sp³-hybridized carbons (Fsp3) is 1.00. The van der Waals surface area contributed by atoms with Crippen molar-refractivity contribution in [1.82, 2.24) is 5.43 Å². The van der Waals surface area contributed by atoms with Gasteiger partial charge in [0, 0.05) is 6.04 Å². The molecular weight excluding hydrogens is 196 g/mol. The fourth-order valence-electron chi connectivity index (χ4n) is 5.32. The minimum absolute atomic E-state index is 0.597. The van der Waals surface area contributed by atoms with Gasteiger partial charge in [-0.1, -0.05) is 13.3 Å². The first-order valence-corrected chi connectivity index (χ1v) is 7.28. The molecule has 0 aromatic carbocycles. The van der Waals surface area contributed by atoms with Gasteiger partial charge in [0.2, 0.25) is 0 Å². The highest BCUT2D eigenvalue weighted by Gasteiger charge is 2.49. The van der Waals surface area contributed by atoms with E-state index in [1.165, 1.54) is 38.5 Å². The molecule has 0 amide bonds. The first-order chi connectivity index (χ1) is 7.81. The van der Waals surface area contributed by atoms with Crippen LogP contribution in [0.1, 0.15) is 51.9 Å². The Labute approximate surface area is 99.3 Å². The zero-order valence-electron chi connectivity index (χ0n) is 10.5. The Kier molecular flexibility index (Phi) is 2.97. The molecule has 16 heavy (non-hydrogen) atoms. The second kappa shape index (κ2) is 4.30. The van der Waals surface area contributed by atoms with Crippen LogP contribution in [0.4, 0.5) is 0 Å². The molecule has 1 atom stereocenters. The lowest BCUT2D eigenvalue weighted by molar-refractivity contribution is -0.0530. The third-order valence-corrected chi connectivity index (χ3v) is 5.58. The summed E-state index contributed by atoms with van der Waals surface area (Å²) < 4.78 is 0. The average Bonchev–Trinajstić information content (AvgIpc) is 2.26. The maximum absolute atomic E-state index is 5.79. The van der Waals surface area contributed by atoms with E-state index in [1.54, 1.807) is 6.42 Å². The standard InChI is InChI=1S/C14H26N2/c1-2-3-13(16-15)14-11-5-9-4-10(7-11)8-12(14)6-9/h9-14,16H,2-8,15H2,1H3. The van der Waals surface area contributed by atoms with Crippen LogP contribution in [-0.2, 0) is 0 Å². The Balaban J connectivity index is 1.75. The van der Waals surface area contributed by atoms with Crippen molar-refractivity contribution in [2.75, 3.05) is 0 Å².